The maximum atomic E-state index is 12.3. The zero-order valence-electron chi connectivity index (χ0n) is 14.2. The van der Waals surface area contributed by atoms with Crippen molar-refractivity contribution in [2.75, 3.05) is 0 Å². The number of aliphatic carboxylic acids is 1. The molecule has 0 saturated carbocycles. The molecule has 26 heavy (non-hydrogen) atoms. The third kappa shape index (κ3) is 2.17. The van der Waals surface area contributed by atoms with Crippen molar-refractivity contribution in [2.24, 2.45) is 11.8 Å². The Balaban J connectivity index is 1.71. The van der Waals surface area contributed by atoms with Gasteiger partial charge in [-0.1, -0.05) is 18.3 Å². The lowest BCUT2D eigenvalue weighted by atomic mass is 9.78. The number of thiazole rings is 1. The summed E-state index contributed by atoms with van der Waals surface area (Å²) in [5, 5.41) is 21.3. The van der Waals surface area contributed by atoms with Gasteiger partial charge in [0.05, 0.1) is 18.1 Å². The molecule has 4 heterocycles. The van der Waals surface area contributed by atoms with Crippen LogP contribution in [0.5, 0.6) is 0 Å². The number of carbonyl (C=O) groups excluding carboxylic acids is 2. The molecule has 0 aromatic carbocycles. The van der Waals surface area contributed by atoms with Crippen LogP contribution in [0.1, 0.15) is 24.3 Å². The highest BCUT2D eigenvalue weighted by molar-refractivity contribution is 7.15. The molecular formula is C17H18N3O5S+. The van der Waals surface area contributed by atoms with Crippen LogP contribution < -0.4 is 4.57 Å². The fraction of sp³-hybridized carbons (Fsp3) is 0.412. The molecule has 8 nitrogen and oxygen atoms in total. The molecule has 136 valence electrons. The molecule has 4 rings (SSSR count). The van der Waals surface area contributed by atoms with Crippen molar-refractivity contribution in [3.8, 4) is 0 Å². The van der Waals surface area contributed by atoms with Crippen molar-refractivity contribution in [3.05, 3.63) is 34.9 Å². The minimum atomic E-state index is -1.14. The number of amides is 1. The van der Waals surface area contributed by atoms with Crippen LogP contribution in [-0.4, -0.2) is 49.8 Å². The first-order valence-electron chi connectivity index (χ1n) is 8.26. The number of rotatable bonds is 5. The van der Waals surface area contributed by atoms with Crippen molar-refractivity contribution >= 4 is 34.3 Å². The Morgan fingerprint density at radius 2 is 2.23 bits per heavy atom. The molecule has 0 aliphatic carbocycles. The normalized spacial score (nSPS) is 26.2. The average Bonchev–Trinajstić information content (AvgIpc) is 3.19. The van der Waals surface area contributed by atoms with Crippen molar-refractivity contribution in [2.45, 2.75) is 32.5 Å². The summed E-state index contributed by atoms with van der Waals surface area (Å²) in [6.45, 7) is 3.76. The van der Waals surface area contributed by atoms with Gasteiger partial charge in [0.15, 0.2) is 12.0 Å². The van der Waals surface area contributed by atoms with Crippen LogP contribution in [0, 0.1) is 11.8 Å². The second-order valence-electron chi connectivity index (χ2n) is 6.84. The van der Waals surface area contributed by atoms with Crippen LogP contribution in [0.25, 0.3) is 4.83 Å². The number of carboxylic acid groups (broad SMARTS) is 1. The number of aliphatic hydroxyl groups excluding tert-OH is 1. The first-order chi connectivity index (χ1) is 12.3. The fourth-order valence-electron chi connectivity index (χ4n) is 4.12. The molecule has 1 saturated heterocycles. The number of fused-ring (bicyclic) bond motifs is 2. The molecular weight excluding hydrogens is 358 g/mol. The van der Waals surface area contributed by atoms with Crippen molar-refractivity contribution in [1.29, 1.82) is 0 Å². The number of nitrogens with zero attached hydrogens (tertiary/aromatic N) is 3. The highest BCUT2D eigenvalue weighted by atomic mass is 32.1. The summed E-state index contributed by atoms with van der Waals surface area (Å²) in [4.78, 5) is 37.4. The Hall–Kier alpha value is -2.52. The predicted octanol–water partition coefficient (Wildman–Crippen LogP) is 0.297. The topological polar surface area (TPSA) is 103 Å². The van der Waals surface area contributed by atoms with Gasteiger partial charge >= 0.3 is 5.97 Å². The molecule has 4 atom stereocenters. The Bertz CT molecular complexity index is 972. The maximum absolute atomic E-state index is 12.3. The minimum absolute atomic E-state index is 0.0158. The van der Waals surface area contributed by atoms with Crippen molar-refractivity contribution < 1.29 is 29.2 Å². The zero-order chi connectivity index (χ0) is 18.7. The first kappa shape index (κ1) is 16.9. The van der Waals surface area contributed by atoms with E-state index in [2.05, 4.69) is 0 Å². The monoisotopic (exact) mass is 376 g/mol. The quantitative estimate of drug-likeness (QED) is 0.444. The molecule has 1 fully saturated rings. The van der Waals surface area contributed by atoms with Crippen LogP contribution in [0.4, 0.5) is 0 Å². The second kappa shape index (κ2) is 5.75. The largest absolute Gasteiger partial charge is 0.477 e. The van der Waals surface area contributed by atoms with Gasteiger partial charge in [-0.25, -0.2) is 9.36 Å². The van der Waals surface area contributed by atoms with Gasteiger partial charge in [-0.3, -0.25) is 9.59 Å². The van der Waals surface area contributed by atoms with Gasteiger partial charge in [-0.2, -0.15) is 4.40 Å². The SMILES string of the molecule is C[C@@H](O)[C@H]1C(=O)N2C(C(=O)O)=C(C[n+]3cc4scc(C=O)n4c3)[C@H](C)[C@H]12. The van der Waals surface area contributed by atoms with Gasteiger partial charge in [0.25, 0.3) is 6.33 Å². The maximum Gasteiger partial charge on any atom is 0.352 e. The molecule has 2 aromatic heterocycles. The zero-order valence-corrected chi connectivity index (χ0v) is 15.0. The van der Waals surface area contributed by atoms with E-state index in [9.17, 15) is 24.6 Å². The summed E-state index contributed by atoms with van der Waals surface area (Å²) in [6.07, 6.45) is 3.55. The molecule has 2 aliphatic heterocycles. The van der Waals surface area contributed by atoms with Gasteiger partial charge in [-0.05, 0) is 6.92 Å². The lowest BCUT2D eigenvalue weighted by Crippen LogP contribution is -2.63. The number of carboxylic acids is 1. The molecule has 1 amide bonds. The Morgan fingerprint density at radius 1 is 1.50 bits per heavy atom. The Morgan fingerprint density at radius 3 is 2.85 bits per heavy atom. The highest BCUT2D eigenvalue weighted by Gasteiger charge is 2.60. The standard InChI is InChI=1S/C17H17N3O5S/c1-8-11(3-18-4-12-19(7-18)10(5-21)6-26-12)15(17(24)25)20-14(8)13(9(2)22)16(20)23/h4-9,13-14,22H,3H2,1-2H3/p+1/t8-,9+,13+,14+/m0/s1. The van der Waals surface area contributed by atoms with Crippen LogP contribution in [0.15, 0.2) is 29.2 Å². The van der Waals surface area contributed by atoms with E-state index in [-0.39, 0.29) is 23.6 Å². The summed E-state index contributed by atoms with van der Waals surface area (Å²) in [5.74, 6) is -2.22. The second-order valence-corrected chi connectivity index (χ2v) is 7.73. The Labute approximate surface area is 152 Å². The van der Waals surface area contributed by atoms with Crippen molar-refractivity contribution in [3.63, 3.8) is 0 Å². The van der Waals surface area contributed by atoms with Gasteiger partial charge in [0.2, 0.25) is 10.7 Å². The van der Waals surface area contributed by atoms with E-state index in [1.807, 2.05) is 17.7 Å². The smallest absolute Gasteiger partial charge is 0.352 e. The summed E-state index contributed by atoms with van der Waals surface area (Å²) in [5.41, 5.74) is 1.20. The van der Waals surface area contributed by atoms with Crippen LogP contribution in [0.3, 0.4) is 0 Å². The van der Waals surface area contributed by atoms with Gasteiger partial charge in [0, 0.05) is 16.9 Å². The lowest BCUT2D eigenvalue weighted by molar-refractivity contribution is -0.688. The summed E-state index contributed by atoms with van der Waals surface area (Å²) < 4.78 is 3.57. The van der Waals surface area contributed by atoms with Crippen LogP contribution >= 0.6 is 11.3 Å². The van der Waals surface area contributed by atoms with E-state index < -0.39 is 18.0 Å². The number of carbonyl (C=O) groups is 3. The molecule has 0 bridgehead atoms. The van der Waals surface area contributed by atoms with Gasteiger partial charge < -0.3 is 15.1 Å². The number of imidazole rings is 1. The van der Waals surface area contributed by atoms with E-state index in [4.69, 9.17) is 0 Å². The molecule has 2 aromatic rings. The number of aldehydes is 1. The van der Waals surface area contributed by atoms with E-state index in [0.29, 0.717) is 17.8 Å². The predicted molar refractivity (Wildman–Crippen MR) is 90.5 cm³/mol. The Kier molecular flexibility index (Phi) is 3.74. The molecule has 2 N–H and O–H groups in total. The van der Waals surface area contributed by atoms with Crippen LogP contribution in [-0.2, 0) is 16.1 Å². The number of aromatic nitrogens is 2. The number of hydrogen-bond donors (Lipinski definition) is 2. The molecule has 2 aliphatic rings. The van der Waals surface area contributed by atoms with Crippen molar-refractivity contribution in [1.82, 2.24) is 9.30 Å². The first-order valence-corrected chi connectivity index (χ1v) is 9.14. The minimum Gasteiger partial charge on any atom is -0.477 e. The number of aliphatic hydroxyl groups is 1. The van der Waals surface area contributed by atoms with Gasteiger partial charge in [0.1, 0.15) is 18.4 Å². The van der Waals surface area contributed by atoms with E-state index in [0.717, 1.165) is 11.1 Å². The summed E-state index contributed by atoms with van der Waals surface area (Å²) in [6, 6.07) is -0.321. The van der Waals surface area contributed by atoms with E-state index in [1.54, 1.807) is 23.0 Å². The summed E-state index contributed by atoms with van der Waals surface area (Å²) in [7, 11) is 0. The van der Waals surface area contributed by atoms with Gasteiger partial charge in [-0.15, -0.1) is 0 Å². The molecule has 0 unspecified atom stereocenters. The fourth-order valence-corrected chi connectivity index (χ4v) is 5.00. The summed E-state index contributed by atoms with van der Waals surface area (Å²) >= 11 is 1.42. The van der Waals surface area contributed by atoms with Crippen LogP contribution in [0.2, 0.25) is 0 Å². The lowest BCUT2D eigenvalue weighted by Gasteiger charge is -2.46. The molecule has 0 spiro atoms. The van der Waals surface area contributed by atoms with E-state index >= 15 is 0 Å². The van der Waals surface area contributed by atoms with E-state index in [1.165, 1.54) is 16.2 Å². The number of hydrogen-bond acceptors (Lipinski definition) is 5. The molecule has 0 radical (unpaired) electrons. The average molecular weight is 376 g/mol. The molecule has 9 heteroatoms. The third-order valence-electron chi connectivity index (χ3n) is 5.35. The number of β-lactam (4-membered cyclic amide) rings is 1. The third-order valence-corrected chi connectivity index (χ3v) is 6.25. The highest BCUT2D eigenvalue weighted by Crippen LogP contribution is 2.47.